The van der Waals surface area contributed by atoms with Crippen molar-refractivity contribution in [3.63, 3.8) is 0 Å². The van der Waals surface area contributed by atoms with Crippen LogP contribution >= 0.6 is 11.6 Å². The van der Waals surface area contributed by atoms with E-state index in [0.29, 0.717) is 0 Å². The number of carbonyl (C=O) groups excluding carboxylic acids is 1. The van der Waals surface area contributed by atoms with E-state index in [1.807, 2.05) is 0 Å². The Balaban J connectivity index is 2.38. The monoisotopic (exact) mass is 261 g/mol. The Morgan fingerprint density at radius 3 is 2.76 bits per heavy atom. The molecule has 1 fully saturated rings. The lowest BCUT2D eigenvalue weighted by Crippen LogP contribution is -2.42. The topological polar surface area (TPSA) is 38.3 Å². The number of halogens is 1. The maximum Gasteiger partial charge on any atom is 0.223 e. The molecule has 0 aromatic carbocycles. The summed E-state index contributed by atoms with van der Waals surface area (Å²) in [5.41, 5.74) is 0. The Hall–Kier alpha value is -0.280. The van der Waals surface area contributed by atoms with Crippen molar-refractivity contribution in [3.05, 3.63) is 0 Å². The van der Waals surface area contributed by atoms with Crippen LogP contribution in [-0.4, -0.2) is 30.5 Å². The van der Waals surface area contributed by atoms with Crippen molar-refractivity contribution in [2.24, 2.45) is 5.92 Å². The van der Waals surface area contributed by atoms with Gasteiger partial charge in [0.15, 0.2) is 0 Å². The van der Waals surface area contributed by atoms with E-state index in [0.717, 1.165) is 32.1 Å². The fourth-order valence-electron chi connectivity index (χ4n) is 2.46. The second-order valence-corrected chi connectivity index (χ2v) is 5.56. The number of rotatable bonds is 5. The van der Waals surface area contributed by atoms with Crippen molar-refractivity contribution in [2.45, 2.75) is 63.5 Å². The molecule has 0 bridgehead atoms. The summed E-state index contributed by atoms with van der Waals surface area (Å²) in [5, 5.41) is 3.03. The van der Waals surface area contributed by atoms with Gasteiger partial charge in [0.2, 0.25) is 5.91 Å². The van der Waals surface area contributed by atoms with Crippen LogP contribution in [0.2, 0.25) is 0 Å². The van der Waals surface area contributed by atoms with Crippen molar-refractivity contribution in [3.8, 4) is 0 Å². The molecule has 1 aliphatic rings. The van der Waals surface area contributed by atoms with Crippen LogP contribution in [0.5, 0.6) is 0 Å². The second kappa shape index (κ2) is 7.22. The molecule has 0 heterocycles. The first-order chi connectivity index (χ1) is 8.08. The highest BCUT2D eigenvalue weighted by Gasteiger charge is 2.33. The summed E-state index contributed by atoms with van der Waals surface area (Å²) in [6.45, 7) is 4.18. The van der Waals surface area contributed by atoms with Gasteiger partial charge in [0, 0.05) is 19.1 Å². The third-order valence-electron chi connectivity index (χ3n) is 3.50. The molecular formula is C13H24ClNO2. The zero-order valence-electron chi connectivity index (χ0n) is 11.0. The van der Waals surface area contributed by atoms with E-state index in [9.17, 15) is 4.79 Å². The van der Waals surface area contributed by atoms with Gasteiger partial charge in [-0.2, -0.15) is 0 Å². The number of carbonyl (C=O) groups is 1. The minimum Gasteiger partial charge on any atom is -0.380 e. The molecule has 4 atom stereocenters. The first-order valence-corrected chi connectivity index (χ1v) is 6.99. The van der Waals surface area contributed by atoms with Crippen LogP contribution in [0.15, 0.2) is 0 Å². The van der Waals surface area contributed by atoms with Crippen molar-refractivity contribution in [2.75, 3.05) is 7.11 Å². The number of hydrogen-bond acceptors (Lipinski definition) is 2. The molecule has 17 heavy (non-hydrogen) atoms. The highest BCUT2D eigenvalue weighted by atomic mass is 35.5. The summed E-state index contributed by atoms with van der Waals surface area (Å²) in [4.78, 5) is 12.0. The predicted octanol–water partition coefficient (Wildman–Crippen LogP) is 2.71. The Bertz CT molecular complexity index is 248. The van der Waals surface area contributed by atoms with Crippen LogP contribution in [-0.2, 0) is 9.53 Å². The molecule has 1 N–H and O–H groups in total. The predicted molar refractivity (Wildman–Crippen MR) is 70.3 cm³/mol. The number of ether oxygens (including phenoxy) is 1. The molecule has 1 amide bonds. The lowest BCUT2D eigenvalue weighted by Gasteiger charge is -2.31. The minimum atomic E-state index is -0.0361. The number of methoxy groups -OCH3 is 1. The van der Waals surface area contributed by atoms with Gasteiger partial charge < -0.3 is 10.1 Å². The smallest absolute Gasteiger partial charge is 0.223 e. The van der Waals surface area contributed by atoms with Crippen LogP contribution in [0.25, 0.3) is 0 Å². The molecule has 3 unspecified atom stereocenters. The second-order valence-electron chi connectivity index (χ2n) is 5.00. The van der Waals surface area contributed by atoms with E-state index < -0.39 is 0 Å². The number of nitrogens with one attached hydrogen (secondary N) is 1. The van der Waals surface area contributed by atoms with Gasteiger partial charge in [-0.3, -0.25) is 4.79 Å². The van der Waals surface area contributed by atoms with Gasteiger partial charge in [0.1, 0.15) is 0 Å². The van der Waals surface area contributed by atoms with Crippen LogP contribution in [0, 0.1) is 5.92 Å². The largest absolute Gasteiger partial charge is 0.380 e. The van der Waals surface area contributed by atoms with Crippen LogP contribution < -0.4 is 5.32 Å². The Kier molecular flexibility index (Phi) is 6.28. The lowest BCUT2D eigenvalue weighted by molar-refractivity contribution is -0.127. The van der Waals surface area contributed by atoms with E-state index >= 15 is 0 Å². The molecule has 0 saturated heterocycles. The molecule has 0 aromatic heterocycles. The van der Waals surface area contributed by atoms with Gasteiger partial charge in [0.25, 0.3) is 0 Å². The van der Waals surface area contributed by atoms with Gasteiger partial charge in [0.05, 0.1) is 11.5 Å². The minimum absolute atomic E-state index is 0.0361. The van der Waals surface area contributed by atoms with E-state index in [4.69, 9.17) is 16.3 Å². The Morgan fingerprint density at radius 2 is 2.24 bits per heavy atom. The molecule has 0 aromatic rings. The maximum absolute atomic E-state index is 12.0. The average Bonchev–Trinajstić information content (AvgIpc) is 2.29. The molecule has 1 rings (SSSR count). The Morgan fingerprint density at radius 1 is 1.53 bits per heavy atom. The quantitative estimate of drug-likeness (QED) is 0.773. The van der Waals surface area contributed by atoms with E-state index in [1.165, 1.54) is 0 Å². The molecule has 4 heteroatoms. The number of hydrogen-bond donors (Lipinski definition) is 1. The molecule has 100 valence electrons. The van der Waals surface area contributed by atoms with Gasteiger partial charge in [-0.05, 0) is 32.6 Å². The Labute approximate surface area is 109 Å². The van der Waals surface area contributed by atoms with Gasteiger partial charge in [-0.15, -0.1) is 11.6 Å². The summed E-state index contributed by atoms with van der Waals surface area (Å²) in [6.07, 6.45) is 4.72. The molecule has 1 saturated carbocycles. The average molecular weight is 262 g/mol. The third-order valence-corrected chi connectivity index (χ3v) is 3.96. The fourth-order valence-corrected chi connectivity index (χ4v) is 2.90. The van der Waals surface area contributed by atoms with Gasteiger partial charge >= 0.3 is 0 Å². The normalized spacial score (nSPS) is 30.9. The molecule has 0 spiro atoms. The van der Waals surface area contributed by atoms with Crippen molar-refractivity contribution >= 4 is 17.5 Å². The molecule has 0 radical (unpaired) electrons. The summed E-state index contributed by atoms with van der Waals surface area (Å²) >= 11 is 6.21. The summed E-state index contributed by atoms with van der Waals surface area (Å²) in [6, 6.07) is 0.265. The number of alkyl halides is 1. The van der Waals surface area contributed by atoms with Gasteiger partial charge in [-0.25, -0.2) is 0 Å². The zero-order valence-corrected chi connectivity index (χ0v) is 11.8. The summed E-state index contributed by atoms with van der Waals surface area (Å²) in [7, 11) is 1.68. The van der Waals surface area contributed by atoms with E-state index in [-0.39, 0.29) is 29.3 Å². The summed E-state index contributed by atoms with van der Waals surface area (Å²) < 4.78 is 5.29. The number of amides is 1. The van der Waals surface area contributed by atoms with Crippen molar-refractivity contribution in [1.82, 2.24) is 5.32 Å². The van der Waals surface area contributed by atoms with Crippen LogP contribution in [0.3, 0.4) is 0 Å². The standard InChI is InChI=1S/C13H24ClNO2/c1-4-5-9(2)15-13(16)10-6-7-12(17-3)11(14)8-10/h9-12H,4-8H2,1-3H3,(H,15,16)/t9?,10?,11-,12?/m1/s1. The zero-order chi connectivity index (χ0) is 12.8. The first kappa shape index (κ1) is 14.8. The van der Waals surface area contributed by atoms with E-state index in [2.05, 4.69) is 19.2 Å². The highest BCUT2D eigenvalue weighted by Crippen LogP contribution is 2.30. The fraction of sp³-hybridized carbons (Fsp3) is 0.923. The first-order valence-electron chi connectivity index (χ1n) is 6.55. The lowest BCUT2D eigenvalue weighted by atomic mass is 9.86. The van der Waals surface area contributed by atoms with Crippen LogP contribution in [0.4, 0.5) is 0 Å². The third kappa shape index (κ3) is 4.47. The van der Waals surface area contributed by atoms with Gasteiger partial charge in [-0.1, -0.05) is 13.3 Å². The molecule has 0 aliphatic heterocycles. The maximum atomic E-state index is 12.0. The SMILES string of the molecule is CCCC(C)NC(=O)C1CCC(OC)[C@H](Cl)C1. The van der Waals surface area contributed by atoms with E-state index in [1.54, 1.807) is 7.11 Å². The molecule has 1 aliphatic carbocycles. The summed E-state index contributed by atoms with van der Waals surface area (Å²) in [5.74, 6) is 0.217. The van der Waals surface area contributed by atoms with Crippen LogP contribution in [0.1, 0.15) is 46.0 Å². The van der Waals surface area contributed by atoms with Crippen molar-refractivity contribution in [1.29, 1.82) is 0 Å². The molecule has 3 nitrogen and oxygen atoms in total. The van der Waals surface area contributed by atoms with Crippen molar-refractivity contribution < 1.29 is 9.53 Å². The molecular weight excluding hydrogens is 238 g/mol. The highest BCUT2D eigenvalue weighted by molar-refractivity contribution is 6.21.